The van der Waals surface area contributed by atoms with Crippen molar-refractivity contribution in [3.8, 4) is 0 Å². The minimum absolute atomic E-state index is 0.00137. The molecule has 1 rings (SSSR count). The van der Waals surface area contributed by atoms with Gasteiger partial charge in [0.15, 0.2) is 0 Å². The molecule has 1 aromatic carbocycles. The lowest BCUT2D eigenvalue weighted by Crippen LogP contribution is -2.27. The molecule has 0 saturated carbocycles. The van der Waals surface area contributed by atoms with Crippen molar-refractivity contribution in [3.63, 3.8) is 0 Å². The molecule has 1 amide bonds. The van der Waals surface area contributed by atoms with Crippen LogP contribution in [-0.2, 0) is 4.74 Å². The van der Waals surface area contributed by atoms with E-state index in [1.165, 1.54) is 0 Å². The van der Waals surface area contributed by atoms with Crippen molar-refractivity contribution < 1.29 is 14.6 Å². The number of nitrogens with one attached hydrogen (secondary N) is 1. The van der Waals surface area contributed by atoms with Gasteiger partial charge in [-0.05, 0) is 44.9 Å². The molecule has 0 fully saturated rings. The van der Waals surface area contributed by atoms with Gasteiger partial charge in [-0.3, -0.25) is 5.32 Å². The molecule has 6 heteroatoms. The summed E-state index contributed by atoms with van der Waals surface area (Å²) < 4.78 is 5.16. The normalized spacial score (nSPS) is 12.9. The van der Waals surface area contributed by atoms with E-state index in [9.17, 15) is 4.79 Å². The highest BCUT2D eigenvalue weighted by Crippen LogP contribution is 2.26. The molecule has 0 aliphatic rings. The van der Waals surface area contributed by atoms with Crippen LogP contribution < -0.4 is 11.1 Å². The van der Waals surface area contributed by atoms with E-state index in [4.69, 9.17) is 27.2 Å². The molecule has 1 aromatic rings. The summed E-state index contributed by atoms with van der Waals surface area (Å²) in [5.41, 5.74) is 6.55. The zero-order chi connectivity index (χ0) is 15.3. The monoisotopic (exact) mass is 300 g/mol. The third kappa shape index (κ3) is 5.36. The standard InChI is InChI=1S/C14H21ClN2O3/c1-14(2,3)20-13(19)17-12-8-9(4-5-10(12)15)11(16)6-7-18/h4-5,8,11,18H,6-7,16H2,1-3H3,(H,17,19). The van der Waals surface area contributed by atoms with E-state index in [0.717, 1.165) is 5.56 Å². The van der Waals surface area contributed by atoms with Gasteiger partial charge < -0.3 is 15.6 Å². The first kappa shape index (κ1) is 16.8. The number of hydrogen-bond donors (Lipinski definition) is 3. The lowest BCUT2D eigenvalue weighted by atomic mass is 10.0. The van der Waals surface area contributed by atoms with Crippen molar-refractivity contribution in [1.82, 2.24) is 0 Å². The van der Waals surface area contributed by atoms with E-state index in [1.54, 1.807) is 39.0 Å². The highest BCUT2D eigenvalue weighted by molar-refractivity contribution is 6.33. The molecule has 0 radical (unpaired) electrons. The van der Waals surface area contributed by atoms with Crippen LogP contribution in [-0.4, -0.2) is 23.4 Å². The fraction of sp³-hybridized carbons (Fsp3) is 0.500. The van der Waals surface area contributed by atoms with Gasteiger partial charge in [0.1, 0.15) is 5.60 Å². The van der Waals surface area contributed by atoms with Crippen LogP contribution in [0.3, 0.4) is 0 Å². The predicted molar refractivity (Wildman–Crippen MR) is 79.9 cm³/mol. The smallest absolute Gasteiger partial charge is 0.412 e. The van der Waals surface area contributed by atoms with Crippen molar-refractivity contribution in [3.05, 3.63) is 28.8 Å². The van der Waals surface area contributed by atoms with Gasteiger partial charge in [-0.15, -0.1) is 0 Å². The first-order chi connectivity index (χ1) is 9.23. The maximum Gasteiger partial charge on any atom is 0.412 e. The number of carbonyl (C=O) groups is 1. The highest BCUT2D eigenvalue weighted by Gasteiger charge is 2.17. The summed E-state index contributed by atoms with van der Waals surface area (Å²) in [4.78, 5) is 11.7. The number of aliphatic hydroxyl groups is 1. The average molecular weight is 301 g/mol. The second kappa shape index (κ2) is 6.92. The molecule has 5 nitrogen and oxygen atoms in total. The van der Waals surface area contributed by atoms with Crippen LogP contribution >= 0.6 is 11.6 Å². The molecule has 1 unspecified atom stereocenters. The summed E-state index contributed by atoms with van der Waals surface area (Å²) in [5, 5.41) is 11.9. The largest absolute Gasteiger partial charge is 0.444 e. The van der Waals surface area contributed by atoms with Gasteiger partial charge in [-0.1, -0.05) is 17.7 Å². The molecule has 0 saturated heterocycles. The average Bonchev–Trinajstić information content (AvgIpc) is 2.29. The van der Waals surface area contributed by atoms with E-state index in [0.29, 0.717) is 17.1 Å². The summed E-state index contributed by atoms with van der Waals surface area (Å²) in [7, 11) is 0. The van der Waals surface area contributed by atoms with E-state index >= 15 is 0 Å². The number of halogens is 1. The molecule has 112 valence electrons. The number of amides is 1. The Hall–Kier alpha value is -1.30. The predicted octanol–water partition coefficient (Wildman–Crippen LogP) is 3.07. The summed E-state index contributed by atoms with van der Waals surface area (Å²) in [6.45, 7) is 5.34. The van der Waals surface area contributed by atoms with Gasteiger partial charge in [-0.25, -0.2) is 4.79 Å². The van der Waals surface area contributed by atoms with Crippen LogP contribution in [0.1, 0.15) is 38.8 Å². The minimum atomic E-state index is -0.582. The number of aliphatic hydroxyl groups excluding tert-OH is 1. The van der Waals surface area contributed by atoms with Crippen molar-refractivity contribution in [2.24, 2.45) is 5.73 Å². The van der Waals surface area contributed by atoms with Crippen molar-refractivity contribution in [1.29, 1.82) is 0 Å². The van der Waals surface area contributed by atoms with E-state index in [1.807, 2.05) is 0 Å². The Balaban J connectivity index is 2.84. The van der Waals surface area contributed by atoms with E-state index in [2.05, 4.69) is 5.32 Å². The first-order valence-corrected chi connectivity index (χ1v) is 6.76. The van der Waals surface area contributed by atoms with Crippen molar-refractivity contribution in [2.45, 2.75) is 38.8 Å². The molecule has 0 spiro atoms. The van der Waals surface area contributed by atoms with Crippen LogP contribution in [0.15, 0.2) is 18.2 Å². The fourth-order valence-electron chi connectivity index (χ4n) is 1.59. The van der Waals surface area contributed by atoms with Gasteiger partial charge in [0, 0.05) is 12.6 Å². The maximum atomic E-state index is 11.7. The van der Waals surface area contributed by atoms with Crippen molar-refractivity contribution in [2.75, 3.05) is 11.9 Å². The topological polar surface area (TPSA) is 84.6 Å². The molecular weight excluding hydrogens is 280 g/mol. The highest BCUT2D eigenvalue weighted by atomic mass is 35.5. The number of rotatable bonds is 4. The quantitative estimate of drug-likeness (QED) is 0.798. The third-order valence-electron chi connectivity index (χ3n) is 2.49. The molecule has 0 aliphatic heterocycles. The number of benzene rings is 1. The second-order valence-electron chi connectivity index (χ2n) is 5.48. The van der Waals surface area contributed by atoms with E-state index in [-0.39, 0.29) is 12.6 Å². The van der Waals surface area contributed by atoms with Gasteiger partial charge >= 0.3 is 6.09 Å². The molecule has 4 N–H and O–H groups in total. The molecule has 0 aromatic heterocycles. The van der Waals surface area contributed by atoms with Crippen LogP contribution in [0.5, 0.6) is 0 Å². The second-order valence-corrected chi connectivity index (χ2v) is 5.89. The molecule has 0 bridgehead atoms. The van der Waals surface area contributed by atoms with Crippen molar-refractivity contribution >= 4 is 23.4 Å². The Labute approximate surface area is 124 Å². The molecule has 0 heterocycles. The zero-order valence-electron chi connectivity index (χ0n) is 11.9. The first-order valence-electron chi connectivity index (χ1n) is 6.39. The zero-order valence-corrected chi connectivity index (χ0v) is 12.7. The number of hydrogen-bond acceptors (Lipinski definition) is 4. The van der Waals surface area contributed by atoms with Gasteiger partial charge in [-0.2, -0.15) is 0 Å². The minimum Gasteiger partial charge on any atom is -0.444 e. The lowest BCUT2D eigenvalue weighted by molar-refractivity contribution is 0.0636. The summed E-state index contributed by atoms with van der Waals surface area (Å²) in [6, 6.07) is 4.80. The maximum absolute atomic E-state index is 11.7. The molecular formula is C14H21ClN2O3. The molecule has 20 heavy (non-hydrogen) atoms. The lowest BCUT2D eigenvalue weighted by Gasteiger charge is -2.20. The van der Waals surface area contributed by atoms with Crippen LogP contribution in [0.4, 0.5) is 10.5 Å². The molecule has 1 atom stereocenters. The Kier molecular flexibility index (Phi) is 5.80. The number of ether oxygens (including phenoxy) is 1. The van der Waals surface area contributed by atoms with Gasteiger partial charge in [0.25, 0.3) is 0 Å². The van der Waals surface area contributed by atoms with Gasteiger partial charge in [0.2, 0.25) is 0 Å². The summed E-state index contributed by atoms with van der Waals surface area (Å²) in [5.74, 6) is 0. The Morgan fingerprint density at radius 2 is 2.15 bits per heavy atom. The van der Waals surface area contributed by atoms with Crippen LogP contribution in [0.2, 0.25) is 5.02 Å². The Bertz CT molecular complexity index is 472. The SMILES string of the molecule is CC(C)(C)OC(=O)Nc1cc(C(N)CCO)ccc1Cl. The summed E-state index contributed by atoms with van der Waals surface area (Å²) in [6.07, 6.45) is -0.139. The number of nitrogens with two attached hydrogens (primary N) is 1. The van der Waals surface area contributed by atoms with Crippen LogP contribution in [0.25, 0.3) is 0 Å². The third-order valence-corrected chi connectivity index (χ3v) is 2.82. The number of carbonyl (C=O) groups excluding carboxylic acids is 1. The van der Waals surface area contributed by atoms with Crippen LogP contribution in [0, 0.1) is 0 Å². The summed E-state index contributed by atoms with van der Waals surface area (Å²) >= 11 is 6.03. The van der Waals surface area contributed by atoms with Gasteiger partial charge in [0.05, 0.1) is 10.7 Å². The molecule has 0 aliphatic carbocycles. The van der Waals surface area contributed by atoms with E-state index < -0.39 is 11.7 Å². The fourth-order valence-corrected chi connectivity index (χ4v) is 1.75. The Morgan fingerprint density at radius 3 is 2.70 bits per heavy atom. The number of anilines is 1. The Morgan fingerprint density at radius 1 is 1.50 bits per heavy atom.